The van der Waals surface area contributed by atoms with Crippen molar-refractivity contribution in [1.82, 2.24) is 4.98 Å². The minimum absolute atomic E-state index is 0.0228. The van der Waals surface area contributed by atoms with Crippen molar-refractivity contribution in [3.63, 3.8) is 0 Å². The predicted octanol–water partition coefficient (Wildman–Crippen LogP) is 5.12. The Balaban J connectivity index is 2.15. The van der Waals surface area contributed by atoms with Crippen molar-refractivity contribution >= 4 is 44.2 Å². The molecule has 0 saturated heterocycles. The molecule has 1 aromatic heterocycles. The molecule has 2 aromatic carbocycles. The topological polar surface area (TPSA) is 32.9 Å². The van der Waals surface area contributed by atoms with E-state index in [-0.39, 0.29) is 5.78 Å². The Morgan fingerprint density at radius 2 is 1.95 bits per heavy atom. The molecule has 20 heavy (non-hydrogen) atoms. The van der Waals surface area contributed by atoms with E-state index in [1.807, 2.05) is 25.1 Å². The van der Waals surface area contributed by atoms with Crippen molar-refractivity contribution in [3.8, 4) is 0 Å². The molecule has 0 unspecified atom stereocenters. The molecule has 3 aromatic rings. The second-order valence-corrected chi connectivity index (χ2v) is 6.00. The summed E-state index contributed by atoms with van der Waals surface area (Å²) >= 11 is 9.31. The van der Waals surface area contributed by atoms with Crippen LogP contribution in [0.4, 0.5) is 0 Å². The summed E-state index contributed by atoms with van der Waals surface area (Å²) in [6.45, 7) is 2.01. The molecule has 0 aliphatic heterocycles. The molecule has 0 aliphatic rings. The van der Waals surface area contributed by atoms with E-state index in [4.69, 9.17) is 11.6 Å². The van der Waals surface area contributed by atoms with E-state index in [9.17, 15) is 4.79 Å². The first-order chi connectivity index (χ1) is 9.56. The molecule has 2 nitrogen and oxygen atoms in total. The summed E-state index contributed by atoms with van der Waals surface area (Å²) < 4.78 is 0.706. The van der Waals surface area contributed by atoms with Gasteiger partial charge in [0.2, 0.25) is 0 Å². The van der Waals surface area contributed by atoms with Crippen molar-refractivity contribution in [2.45, 2.75) is 6.92 Å². The first kappa shape index (κ1) is 13.4. The van der Waals surface area contributed by atoms with Crippen LogP contribution in [-0.2, 0) is 0 Å². The number of carbonyl (C=O) groups is 1. The van der Waals surface area contributed by atoms with Crippen LogP contribution in [0.15, 0.2) is 47.1 Å². The second-order valence-electron chi connectivity index (χ2n) is 4.70. The van der Waals surface area contributed by atoms with Gasteiger partial charge in [-0.15, -0.1) is 0 Å². The summed E-state index contributed by atoms with van der Waals surface area (Å²) in [5, 5.41) is 1.54. The molecule has 0 atom stereocenters. The third kappa shape index (κ3) is 2.28. The molecule has 1 heterocycles. The molecule has 4 heteroatoms. The van der Waals surface area contributed by atoms with E-state index in [0.29, 0.717) is 20.6 Å². The third-order valence-corrected chi connectivity index (χ3v) is 4.15. The average molecular weight is 349 g/mol. The van der Waals surface area contributed by atoms with Gasteiger partial charge in [-0.05, 0) is 53.2 Å². The van der Waals surface area contributed by atoms with Crippen LogP contribution in [0.3, 0.4) is 0 Å². The zero-order valence-electron chi connectivity index (χ0n) is 10.7. The largest absolute Gasteiger partial charge is 0.360 e. The SMILES string of the molecule is Cc1ccc2[nH]cc(C(=O)c3ccc(Cl)cc3Br)c2c1. The van der Waals surface area contributed by atoms with Crippen molar-refractivity contribution in [3.05, 3.63) is 68.8 Å². The van der Waals surface area contributed by atoms with Gasteiger partial charge in [0.05, 0.1) is 0 Å². The van der Waals surface area contributed by atoms with Crippen LogP contribution in [0.5, 0.6) is 0 Å². The third-order valence-electron chi connectivity index (χ3n) is 3.26. The van der Waals surface area contributed by atoms with E-state index in [0.717, 1.165) is 16.5 Å². The predicted molar refractivity (Wildman–Crippen MR) is 85.6 cm³/mol. The molecule has 0 fully saturated rings. The van der Waals surface area contributed by atoms with Gasteiger partial charge < -0.3 is 4.98 Å². The molecule has 0 bridgehead atoms. The first-order valence-corrected chi connectivity index (χ1v) is 7.31. The highest BCUT2D eigenvalue weighted by Gasteiger charge is 2.16. The molecule has 0 aliphatic carbocycles. The van der Waals surface area contributed by atoms with Crippen LogP contribution in [0.2, 0.25) is 5.02 Å². The van der Waals surface area contributed by atoms with Gasteiger partial charge in [-0.25, -0.2) is 0 Å². The van der Waals surface area contributed by atoms with Gasteiger partial charge in [-0.3, -0.25) is 4.79 Å². The number of benzene rings is 2. The molecule has 0 radical (unpaired) electrons. The quantitative estimate of drug-likeness (QED) is 0.640. The molecule has 100 valence electrons. The zero-order chi connectivity index (χ0) is 14.3. The Bertz CT molecular complexity index is 822. The van der Waals surface area contributed by atoms with Crippen LogP contribution in [0.1, 0.15) is 21.5 Å². The highest BCUT2D eigenvalue weighted by molar-refractivity contribution is 9.10. The van der Waals surface area contributed by atoms with Crippen LogP contribution in [0, 0.1) is 6.92 Å². The number of ketones is 1. The van der Waals surface area contributed by atoms with Gasteiger partial charge in [0.25, 0.3) is 0 Å². The van der Waals surface area contributed by atoms with Crippen LogP contribution in [0.25, 0.3) is 10.9 Å². The fourth-order valence-electron chi connectivity index (χ4n) is 2.24. The summed E-state index contributed by atoms with van der Waals surface area (Å²) in [5.74, 6) is -0.0228. The van der Waals surface area contributed by atoms with E-state index in [1.54, 1.807) is 24.4 Å². The fourth-order valence-corrected chi connectivity index (χ4v) is 3.10. The number of hydrogen-bond donors (Lipinski definition) is 1. The number of rotatable bonds is 2. The summed E-state index contributed by atoms with van der Waals surface area (Å²) in [6, 6.07) is 11.2. The Labute approximate surface area is 129 Å². The number of aromatic amines is 1. The van der Waals surface area contributed by atoms with E-state index < -0.39 is 0 Å². The standard InChI is InChI=1S/C16H11BrClNO/c1-9-2-5-15-12(6-9)13(8-19-15)16(20)11-4-3-10(18)7-14(11)17/h2-8,19H,1H3. The summed E-state index contributed by atoms with van der Waals surface area (Å²) in [4.78, 5) is 15.8. The number of aryl methyl sites for hydroxylation is 1. The van der Waals surface area contributed by atoms with Crippen molar-refractivity contribution < 1.29 is 4.79 Å². The molecule has 3 rings (SSSR count). The van der Waals surface area contributed by atoms with Gasteiger partial charge in [0.1, 0.15) is 0 Å². The average Bonchev–Trinajstić information content (AvgIpc) is 2.81. The number of H-pyrrole nitrogens is 1. The summed E-state index contributed by atoms with van der Waals surface area (Å²) in [7, 11) is 0. The Kier molecular flexibility index (Phi) is 3.40. The molecule has 1 N–H and O–H groups in total. The van der Waals surface area contributed by atoms with E-state index in [1.165, 1.54) is 0 Å². The molecule has 0 spiro atoms. The van der Waals surface area contributed by atoms with Crippen molar-refractivity contribution in [1.29, 1.82) is 0 Å². The van der Waals surface area contributed by atoms with E-state index in [2.05, 4.69) is 20.9 Å². The maximum Gasteiger partial charge on any atom is 0.196 e. The van der Waals surface area contributed by atoms with Gasteiger partial charge in [-0.2, -0.15) is 0 Å². The number of fused-ring (bicyclic) bond motifs is 1. The molecule has 0 saturated carbocycles. The number of hydrogen-bond acceptors (Lipinski definition) is 1. The lowest BCUT2D eigenvalue weighted by molar-refractivity contribution is 0.103. The highest BCUT2D eigenvalue weighted by atomic mass is 79.9. The molecule has 0 amide bonds. The minimum Gasteiger partial charge on any atom is -0.360 e. The van der Waals surface area contributed by atoms with Gasteiger partial charge >= 0.3 is 0 Å². The number of carbonyl (C=O) groups excluding carboxylic acids is 1. The Hall–Kier alpha value is -1.58. The summed E-state index contributed by atoms with van der Waals surface area (Å²) in [5.41, 5.74) is 3.37. The Morgan fingerprint density at radius 1 is 1.15 bits per heavy atom. The molecular formula is C16H11BrClNO. The lowest BCUT2D eigenvalue weighted by Gasteiger charge is -2.04. The number of aromatic nitrogens is 1. The fraction of sp³-hybridized carbons (Fsp3) is 0.0625. The van der Waals surface area contributed by atoms with Crippen molar-refractivity contribution in [2.75, 3.05) is 0 Å². The lowest BCUT2D eigenvalue weighted by atomic mass is 10.0. The smallest absolute Gasteiger partial charge is 0.196 e. The normalized spacial score (nSPS) is 10.9. The summed E-state index contributed by atoms with van der Waals surface area (Å²) in [6.07, 6.45) is 1.76. The van der Waals surface area contributed by atoms with Gasteiger partial charge in [-0.1, -0.05) is 23.2 Å². The minimum atomic E-state index is -0.0228. The lowest BCUT2D eigenvalue weighted by Crippen LogP contribution is -2.01. The maximum absolute atomic E-state index is 12.7. The number of nitrogens with one attached hydrogen (secondary N) is 1. The van der Waals surface area contributed by atoms with Gasteiger partial charge in [0, 0.05) is 37.7 Å². The first-order valence-electron chi connectivity index (χ1n) is 6.14. The monoisotopic (exact) mass is 347 g/mol. The number of halogens is 2. The van der Waals surface area contributed by atoms with Crippen LogP contribution < -0.4 is 0 Å². The maximum atomic E-state index is 12.7. The van der Waals surface area contributed by atoms with Gasteiger partial charge in [0.15, 0.2) is 5.78 Å². The van der Waals surface area contributed by atoms with Crippen LogP contribution in [-0.4, -0.2) is 10.8 Å². The second kappa shape index (κ2) is 5.08. The highest BCUT2D eigenvalue weighted by Crippen LogP contribution is 2.27. The Morgan fingerprint density at radius 3 is 2.70 bits per heavy atom. The molecular weight excluding hydrogens is 338 g/mol. The van der Waals surface area contributed by atoms with Crippen LogP contribution >= 0.6 is 27.5 Å². The van der Waals surface area contributed by atoms with E-state index >= 15 is 0 Å². The zero-order valence-corrected chi connectivity index (χ0v) is 13.0. The van der Waals surface area contributed by atoms with Crippen molar-refractivity contribution in [2.24, 2.45) is 0 Å².